The van der Waals surface area contributed by atoms with Gasteiger partial charge in [0.2, 0.25) is 11.8 Å². The molecule has 8 nitrogen and oxygen atoms in total. The van der Waals surface area contributed by atoms with Gasteiger partial charge in [-0.3, -0.25) is 9.78 Å². The van der Waals surface area contributed by atoms with Crippen molar-refractivity contribution in [2.75, 3.05) is 26.3 Å². The number of pyridine rings is 1. The van der Waals surface area contributed by atoms with Crippen molar-refractivity contribution in [3.05, 3.63) is 41.8 Å². The molecule has 0 N–H and O–H groups in total. The van der Waals surface area contributed by atoms with E-state index >= 15 is 0 Å². The molecule has 2 aromatic rings. The van der Waals surface area contributed by atoms with Gasteiger partial charge in [-0.1, -0.05) is 5.16 Å². The highest BCUT2D eigenvalue weighted by Crippen LogP contribution is 2.40. The van der Waals surface area contributed by atoms with Gasteiger partial charge >= 0.3 is 0 Å². The second-order valence-electron chi connectivity index (χ2n) is 7.69. The Morgan fingerprint density at radius 1 is 1.39 bits per heavy atom. The molecule has 0 aromatic carbocycles. The summed E-state index contributed by atoms with van der Waals surface area (Å²) in [7, 11) is 0. The van der Waals surface area contributed by atoms with Crippen LogP contribution in [0, 0.1) is 12.3 Å². The monoisotopic (exact) mass is 386 g/mol. The zero-order valence-corrected chi connectivity index (χ0v) is 16.2. The predicted molar refractivity (Wildman–Crippen MR) is 99.2 cm³/mol. The van der Waals surface area contributed by atoms with Crippen molar-refractivity contribution in [3.8, 4) is 0 Å². The molecular formula is C20H26N4O4. The topological polar surface area (TPSA) is 90.6 Å². The van der Waals surface area contributed by atoms with E-state index in [0.717, 1.165) is 31.4 Å². The van der Waals surface area contributed by atoms with Crippen LogP contribution in [0.3, 0.4) is 0 Å². The van der Waals surface area contributed by atoms with E-state index in [1.165, 1.54) is 0 Å². The van der Waals surface area contributed by atoms with Gasteiger partial charge in [0.1, 0.15) is 6.42 Å². The van der Waals surface area contributed by atoms with Crippen molar-refractivity contribution in [1.29, 1.82) is 0 Å². The van der Waals surface area contributed by atoms with Gasteiger partial charge in [0.15, 0.2) is 5.82 Å². The summed E-state index contributed by atoms with van der Waals surface area (Å²) in [5.41, 5.74) is 0.930. The van der Waals surface area contributed by atoms with E-state index in [-0.39, 0.29) is 23.8 Å². The zero-order chi connectivity index (χ0) is 19.4. The summed E-state index contributed by atoms with van der Waals surface area (Å²) in [6.07, 6.45) is 6.62. The summed E-state index contributed by atoms with van der Waals surface area (Å²) in [5, 5.41) is 3.76. The first-order valence-electron chi connectivity index (χ1n) is 9.80. The second-order valence-corrected chi connectivity index (χ2v) is 7.69. The highest BCUT2D eigenvalue weighted by atomic mass is 16.5. The van der Waals surface area contributed by atoms with E-state index in [1.54, 1.807) is 19.3 Å². The van der Waals surface area contributed by atoms with Gasteiger partial charge in [-0.05, 0) is 43.9 Å². The average Bonchev–Trinajstić information content (AvgIpc) is 3.13. The largest absolute Gasteiger partial charge is 0.377 e. The van der Waals surface area contributed by atoms with E-state index in [1.807, 2.05) is 17.0 Å². The van der Waals surface area contributed by atoms with E-state index < -0.39 is 0 Å². The molecular weight excluding hydrogens is 360 g/mol. The minimum absolute atomic E-state index is 0.0150. The van der Waals surface area contributed by atoms with Crippen LogP contribution >= 0.6 is 0 Å². The van der Waals surface area contributed by atoms with Crippen molar-refractivity contribution in [2.24, 2.45) is 5.41 Å². The van der Waals surface area contributed by atoms with Crippen LogP contribution in [0.25, 0.3) is 0 Å². The second kappa shape index (κ2) is 8.36. The summed E-state index contributed by atoms with van der Waals surface area (Å²) >= 11 is 0. The minimum atomic E-state index is -0.163. The van der Waals surface area contributed by atoms with Crippen LogP contribution < -0.4 is 0 Å². The number of hydrogen-bond donors (Lipinski definition) is 0. The molecule has 4 rings (SSSR count). The first-order chi connectivity index (χ1) is 13.6. The molecule has 2 saturated heterocycles. The van der Waals surface area contributed by atoms with Crippen molar-refractivity contribution >= 4 is 5.91 Å². The number of ether oxygens (including phenoxy) is 2. The molecule has 0 unspecified atom stereocenters. The van der Waals surface area contributed by atoms with Gasteiger partial charge in [0.05, 0.1) is 19.3 Å². The molecule has 2 aliphatic rings. The number of piperidine rings is 1. The van der Waals surface area contributed by atoms with Gasteiger partial charge in [0, 0.05) is 37.5 Å². The molecule has 2 fully saturated rings. The van der Waals surface area contributed by atoms with Gasteiger partial charge in [-0.25, -0.2) is 0 Å². The number of amides is 1. The normalized spacial score (nSPS) is 24.8. The van der Waals surface area contributed by atoms with Crippen LogP contribution in [0.5, 0.6) is 0 Å². The number of carbonyl (C=O) groups excluding carboxylic acids is 1. The number of hydrogen-bond acceptors (Lipinski definition) is 7. The molecule has 0 bridgehead atoms. The number of fused-ring (bicyclic) bond motifs is 1. The summed E-state index contributed by atoms with van der Waals surface area (Å²) in [6, 6.07) is 3.91. The van der Waals surface area contributed by atoms with E-state index in [0.29, 0.717) is 38.0 Å². The van der Waals surface area contributed by atoms with Gasteiger partial charge < -0.3 is 18.9 Å². The highest BCUT2D eigenvalue weighted by molar-refractivity contribution is 5.78. The Bertz CT molecular complexity index is 797. The van der Waals surface area contributed by atoms with E-state index in [9.17, 15) is 4.79 Å². The quantitative estimate of drug-likeness (QED) is 0.749. The first kappa shape index (κ1) is 19.0. The highest BCUT2D eigenvalue weighted by Gasteiger charge is 2.47. The summed E-state index contributed by atoms with van der Waals surface area (Å²) < 4.78 is 17.3. The first-order valence-corrected chi connectivity index (χ1v) is 9.80. The lowest BCUT2D eigenvalue weighted by Gasteiger charge is -2.50. The molecule has 2 atom stereocenters. The molecule has 4 heterocycles. The maximum Gasteiger partial charge on any atom is 0.236 e. The Labute approximate surface area is 164 Å². The lowest BCUT2D eigenvalue weighted by molar-refractivity contribution is -0.165. The van der Waals surface area contributed by atoms with E-state index in [2.05, 4.69) is 15.1 Å². The number of aromatic nitrogens is 3. The van der Waals surface area contributed by atoms with Crippen LogP contribution in [0.1, 0.15) is 36.5 Å². The van der Waals surface area contributed by atoms with Gasteiger partial charge in [-0.15, -0.1) is 0 Å². The van der Waals surface area contributed by atoms with Crippen molar-refractivity contribution in [1.82, 2.24) is 20.0 Å². The third-order valence-electron chi connectivity index (χ3n) is 5.62. The summed E-state index contributed by atoms with van der Waals surface area (Å²) in [4.78, 5) is 22.9. The summed E-state index contributed by atoms with van der Waals surface area (Å²) in [6.45, 7) is 4.96. The molecule has 150 valence electrons. The number of nitrogens with zero attached hydrogens (tertiary/aromatic N) is 4. The zero-order valence-electron chi connectivity index (χ0n) is 16.2. The molecule has 0 spiro atoms. The summed E-state index contributed by atoms with van der Waals surface area (Å²) in [5.74, 6) is 0.928. The van der Waals surface area contributed by atoms with Crippen LogP contribution in [0.4, 0.5) is 0 Å². The molecule has 1 amide bonds. The predicted octanol–water partition coefficient (Wildman–Crippen LogP) is 1.93. The fourth-order valence-corrected chi connectivity index (χ4v) is 4.22. The smallest absolute Gasteiger partial charge is 0.236 e. The van der Waals surface area contributed by atoms with Gasteiger partial charge in [-0.2, -0.15) is 4.98 Å². The number of aryl methyl sites for hydroxylation is 1. The van der Waals surface area contributed by atoms with Crippen LogP contribution in [0.2, 0.25) is 0 Å². The molecule has 28 heavy (non-hydrogen) atoms. The van der Waals surface area contributed by atoms with E-state index in [4.69, 9.17) is 14.0 Å². The maximum absolute atomic E-state index is 12.8. The Balaban J connectivity index is 1.40. The maximum atomic E-state index is 12.8. The average molecular weight is 386 g/mol. The molecule has 0 saturated carbocycles. The van der Waals surface area contributed by atoms with Crippen LogP contribution in [0.15, 0.2) is 29.0 Å². The molecule has 0 radical (unpaired) electrons. The standard InChI is InChI=1S/C20H26N4O4/c1-15-22-18(28-23-15)11-19(25)24-9-5-17-20(13-24,6-2-10-27-17)14-26-12-16-3-7-21-8-4-16/h3-4,7-8,17H,2,5-6,9-14H2,1H3/t17-,20+/m0/s1. The molecule has 0 aliphatic carbocycles. The van der Waals surface area contributed by atoms with Crippen LogP contribution in [-0.4, -0.2) is 58.3 Å². The van der Waals surface area contributed by atoms with Crippen LogP contribution in [-0.2, 0) is 27.3 Å². The number of carbonyl (C=O) groups is 1. The third-order valence-corrected chi connectivity index (χ3v) is 5.62. The molecule has 2 aliphatic heterocycles. The number of rotatable bonds is 6. The number of likely N-dealkylation sites (tertiary alicyclic amines) is 1. The van der Waals surface area contributed by atoms with Crippen molar-refractivity contribution < 1.29 is 18.8 Å². The Hall–Kier alpha value is -2.32. The lowest BCUT2D eigenvalue weighted by Crippen LogP contribution is -2.58. The fraction of sp³-hybridized carbons (Fsp3) is 0.600. The van der Waals surface area contributed by atoms with Crippen molar-refractivity contribution in [2.45, 2.75) is 45.3 Å². The lowest BCUT2D eigenvalue weighted by atomic mass is 9.73. The molecule has 8 heteroatoms. The minimum Gasteiger partial charge on any atom is -0.377 e. The SMILES string of the molecule is Cc1noc(CC(=O)N2CC[C@@H]3OCCC[C@]3(COCc3ccncc3)C2)n1. The van der Waals surface area contributed by atoms with Gasteiger partial charge in [0.25, 0.3) is 0 Å². The fourth-order valence-electron chi connectivity index (χ4n) is 4.22. The Morgan fingerprint density at radius 2 is 2.25 bits per heavy atom. The van der Waals surface area contributed by atoms with Crippen molar-refractivity contribution in [3.63, 3.8) is 0 Å². The molecule has 2 aromatic heterocycles. The Morgan fingerprint density at radius 3 is 3.04 bits per heavy atom. The third kappa shape index (κ3) is 4.23. The Kier molecular flexibility index (Phi) is 5.68.